The van der Waals surface area contributed by atoms with Crippen molar-refractivity contribution in [2.24, 2.45) is 0 Å². The predicted molar refractivity (Wildman–Crippen MR) is 203 cm³/mol. The van der Waals surface area contributed by atoms with Gasteiger partial charge in [-0.1, -0.05) is 72.8 Å². The van der Waals surface area contributed by atoms with Crippen molar-refractivity contribution in [1.82, 2.24) is 15.0 Å². The molecule has 0 saturated carbocycles. The number of anilines is 3. The van der Waals surface area contributed by atoms with Gasteiger partial charge in [0.1, 0.15) is 33.4 Å². The quantitative estimate of drug-likeness (QED) is 0.191. The minimum atomic E-state index is 0.833. The molecule has 0 bridgehead atoms. The first-order valence-electron chi connectivity index (χ1n) is 16.7. The van der Waals surface area contributed by atoms with Crippen LogP contribution >= 0.6 is 0 Å². The molecule has 6 heteroatoms. The molecule has 0 N–H and O–H groups in total. The van der Waals surface area contributed by atoms with Gasteiger partial charge in [-0.15, -0.1) is 10.2 Å². The van der Waals surface area contributed by atoms with Crippen LogP contribution in [0.15, 0.2) is 167 Å². The maximum atomic E-state index is 6.62. The molecular formula is C44H26N4O2. The predicted octanol–water partition coefficient (Wildman–Crippen LogP) is 12.0. The highest BCUT2D eigenvalue weighted by Crippen LogP contribution is 2.42. The number of rotatable bonds is 4. The molecule has 0 aliphatic rings. The fraction of sp³-hybridized carbons (Fsp3) is 0. The van der Waals surface area contributed by atoms with Crippen LogP contribution in [0.4, 0.5) is 17.1 Å². The molecule has 50 heavy (non-hydrogen) atoms. The summed E-state index contributed by atoms with van der Waals surface area (Å²) in [7, 11) is 0. The molecule has 0 aliphatic carbocycles. The summed E-state index contributed by atoms with van der Waals surface area (Å²) in [5, 5.41) is 18.3. The third-order valence-corrected chi connectivity index (χ3v) is 9.84. The summed E-state index contributed by atoms with van der Waals surface area (Å²) in [6.07, 6.45) is 0. The Kier molecular flexibility index (Phi) is 5.57. The summed E-state index contributed by atoms with van der Waals surface area (Å²) in [5.41, 5.74) is 8.99. The monoisotopic (exact) mass is 642 g/mol. The van der Waals surface area contributed by atoms with Gasteiger partial charge in [0.15, 0.2) is 0 Å². The number of nitrogens with zero attached hydrogens (tertiary/aromatic N) is 4. The molecule has 0 saturated heterocycles. The van der Waals surface area contributed by atoms with Gasteiger partial charge in [0.05, 0.1) is 5.69 Å². The lowest BCUT2D eigenvalue weighted by Gasteiger charge is -2.25. The maximum Gasteiger partial charge on any atom is 0.143 e. The standard InChI is InChI=1S/C44H26N4O2/c1-3-9-33-27(7-1)13-21-37-35-23-19-31(25-41(35)49-43(33)37)47(29-15-17-30(18-16-29)48-45-39-11-5-6-12-40(39)46-48)32-20-24-36-38-22-14-28-8-2-4-10-34(28)44(38)50-42(36)26-32/h1-26H. The van der Waals surface area contributed by atoms with Gasteiger partial charge in [0.2, 0.25) is 0 Å². The molecule has 0 spiro atoms. The first-order chi connectivity index (χ1) is 24.7. The highest BCUT2D eigenvalue weighted by molar-refractivity contribution is 6.17. The first-order valence-corrected chi connectivity index (χ1v) is 16.7. The summed E-state index contributed by atoms with van der Waals surface area (Å²) in [6, 6.07) is 54.5. The minimum absolute atomic E-state index is 0.833. The van der Waals surface area contributed by atoms with E-state index in [0.717, 1.165) is 99.2 Å². The first kappa shape index (κ1) is 27.1. The van der Waals surface area contributed by atoms with Crippen molar-refractivity contribution >= 4 is 93.5 Å². The molecule has 11 rings (SSSR count). The number of hydrogen-bond acceptors (Lipinski definition) is 5. The van der Waals surface area contributed by atoms with E-state index in [1.807, 2.05) is 24.3 Å². The van der Waals surface area contributed by atoms with Crippen molar-refractivity contribution in [1.29, 1.82) is 0 Å². The number of fused-ring (bicyclic) bond motifs is 11. The largest absolute Gasteiger partial charge is 0.455 e. The van der Waals surface area contributed by atoms with Crippen LogP contribution in [0.1, 0.15) is 0 Å². The third-order valence-electron chi connectivity index (χ3n) is 9.84. The van der Waals surface area contributed by atoms with Crippen LogP contribution in [0.25, 0.3) is 82.1 Å². The lowest BCUT2D eigenvalue weighted by atomic mass is 10.1. The van der Waals surface area contributed by atoms with Crippen molar-refractivity contribution in [2.75, 3.05) is 4.90 Å². The Hall–Kier alpha value is -6.92. The summed E-state index contributed by atoms with van der Waals surface area (Å²) < 4.78 is 13.2. The smallest absolute Gasteiger partial charge is 0.143 e. The molecule has 0 amide bonds. The van der Waals surface area contributed by atoms with Crippen LogP contribution in [0.2, 0.25) is 0 Å². The van der Waals surface area contributed by atoms with Crippen LogP contribution in [0, 0.1) is 0 Å². The Bertz CT molecular complexity index is 2930. The van der Waals surface area contributed by atoms with Crippen LogP contribution in [-0.2, 0) is 0 Å². The van der Waals surface area contributed by atoms with E-state index in [-0.39, 0.29) is 0 Å². The summed E-state index contributed by atoms with van der Waals surface area (Å²) in [4.78, 5) is 3.93. The third kappa shape index (κ3) is 4.02. The summed E-state index contributed by atoms with van der Waals surface area (Å²) in [6.45, 7) is 0. The number of hydrogen-bond donors (Lipinski definition) is 0. The van der Waals surface area contributed by atoms with Gasteiger partial charge < -0.3 is 13.7 Å². The molecule has 8 aromatic carbocycles. The van der Waals surface area contributed by atoms with Crippen LogP contribution in [0.5, 0.6) is 0 Å². The number of aromatic nitrogens is 3. The zero-order chi connectivity index (χ0) is 32.8. The second-order valence-electron chi connectivity index (χ2n) is 12.7. The Morgan fingerprint density at radius 1 is 0.400 bits per heavy atom. The van der Waals surface area contributed by atoms with Crippen LogP contribution in [-0.4, -0.2) is 15.0 Å². The second kappa shape index (κ2) is 10.3. The van der Waals surface area contributed by atoms with E-state index >= 15 is 0 Å². The summed E-state index contributed by atoms with van der Waals surface area (Å²) in [5.74, 6) is 0. The fourth-order valence-corrected chi connectivity index (χ4v) is 7.42. The van der Waals surface area contributed by atoms with E-state index in [1.165, 1.54) is 0 Å². The van der Waals surface area contributed by atoms with Crippen molar-refractivity contribution in [3.05, 3.63) is 158 Å². The van der Waals surface area contributed by atoms with Gasteiger partial charge in [0, 0.05) is 61.5 Å². The lowest BCUT2D eigenvalue weighted by Crippen LogP contribution is -2.10. The van der Waals surface area contributed by atoms with E-state index in [4.69, 9.17) is 19.0 Å². The van der Waals surface area contributed by atoms with E-state index in [9.17, 15) is 0 Å². The molecule has 0 atom stereocenters. The highest BCUT2D eigenvalue weighted by Gasteiger charge is 2.19. The number of furan rings is 2. The molecular weight excluding hydrogens is 617 g/mol. The van der Waals surface area contributed by atoms with Crippen LogP contribution < -0.4 is 4.90 Å². The highest BCUT2D eigenvalue weighted by atomic mass is 16.3. The molecule has 11 aromatic rings. The zero-order valence-corrected chi connectivity index (χ0v) is 26.6. The SMILES string of the molecule is c1ccc2c(c1)ccc1c3ccc(N(c4ccc(-n5nc6ccccc6n5)cc4)c4ccc5c(c4)oc4c6ccccc6ccc54)cc3oc21. The second-order valence-corrected chi connectivity index (χ2v) is 12.7. The maximum absolute atomic E-state index is 6.62. The molecule has 3 aromatic heterocycles. The minimum Gasteiger partial charge on any atom is -0.455 e. The van der Waals surface area contributed by atoms with Crippen molar-refractivity contribution in [3.63, 3.8) is 0 Å². The van der Waals surface area contributed by atoms with Crippen LogP contribution in [0.3, 0.4) is 0 Å². The molecule has 0 aliphatic heterocycles. The zero-order valence-electron chi connectivity index (χ0n) is 26.6. The van der Waals surface area contributed by atoms with Crippen molar-refractivity contribution in [3.8, 4) is 5.69 Å². The number of benzene rings is 8. The average Bonchev–Trinajstić information content (AvgIpc) is 3.88. The van der Waals surface area contributed by atoms with Gasteiger partial charge >= 0.3 is 0 Å². The average molecular weight is 643 g/mol. The lowest BCUT2D eigenvalue weighted by molar-refractivity contribution is 0.672. The fourth-order valence-electron chi connectivity index (χ4n) is 7.42. The van der Waals surface area contributed by atoms with Gasteiger partial charge in [-0.05, 0) is 83.6 Å². The molecule has 0 radical (unpaired) electrons. The summed E-state index contributed by atoms with van der Waals surface area (Å²) >= 11 is 0. The Labute approximate surface area is 285 Å². The topological polar surface area (TPSA) is 60.2 Å². The van der Waals surface area contributed by atoms with E-state index < -0.39 is 0 Å². The van der Waals surface area contributed by atoms with Crippen molar-refractivity contribution < 1.29 is 8.83 Å². The Balaban J connectivity index is 1.09. The van der Waals surface area contributed by atoms with Crippen molar-refractivity contribution in [2.45, 2.75) is 0 Å². The van der Waals surface area contributed by atoms with Gasteiger partial charge in [0.25, 0.3) is 0 Å². The Morgan fingerprint density at radius 3 is 1.40 bits per heavy atom. The van der Waals surface area contributed by atoms with Gasteiger partial charge in [-0.2, -0.15) is 4.80 Å². The van der Waals surface area contributed by atoms with E-state index in [0.29, 0.717) is 0 Å². The van der Waals surface area contributed by atoms with E-state index in [1.54, 1.807) is 4.80 Å². The Morgan fingerprint density at radius 2 is 0.860 bits per heavy atom. The molecule has 3 heterocycles. The molecule has 0 unspecified atom stereocenters. The van der Waals surface area contributed by atoms with Gasteiger partial charge in [-0.3, -0.25) is 0 Å². The molecule has 234 valence electrons. The molecule has 0 fully saturated rings. The molecule has 6 nitrogen and oxygen atoms in total. The normalized spacial score (nSPS) is 12.0. The van der Waals surface area contributed by atoms with Gasteiger partial charge in [-0.25, -0.2) is 0 Å². The van der Waals surface area contributed by atoms with E-state index in [2.05, 4.69) is 138 Å².